The Labute approximate surface area is 121 Å². The number of rotatable bonds is 2. The second-order valence-electron chi connectivity index (χ2n) is 4.00. The molecule has 0 unspecified atom stereocenters. The number of hydrogen-bond donors (Lipinski definition) is 2. The molecule has 1 aromatic carbocycles. The Bertz CT molecular complexity index is 795. The smallest absolute Gasteiger partial charge is 0.262 e. The van der Waals surface area contributed by atoms with Crippen molar-refractivity contribution in [3.63, 3.8) is 0 Å². The third-order valence-corrected chi connectivity index (χ3v) is 3.24. The van der Waals surface area contributed by atoms with Crippen molar-refractivity contribution in [2.75, 3.05) is 0 Å². The average Bonchev–Trinajstić information content (AvgIpc) is 2.94. The molecule has 0 amide bonds. The van der Waals surface area contributed by atoms with Gasteiger partial charge in [0.2, 0.25) is 5.88 Å². The lowest BCUT2D eigenvalue weighted by Crippen LogP contribution is -2.12. The van der Waals surface area contributed by atoms with E-state index in [1.54, 1.807) is 24.3 Å². The van der Waals surface area contributed by atoms with E-state index in [1.165, 1.54) is 12.3 Å². The predicted molar refractivity (Wildman–Crippen MR) is 75.2 cm³/mol. The molecular formula is C13H8BrN3O3. The van der Waals surface area contributed by atoms with Crippen LogP contribution in [0.2, 0.25) is 0 Å². The van der Waals surface area contributed by atoms with Crippen LogP contribution in [-0.4, -0.2) is 20.2 Å². The highest BCUT2D eigenvalue weighted by Crippen LogP contribution is 2.26. The zero-order chi connectivity index (χ0) is 14.1. The van der Waals surface area contributed by atoms with Gasteiger partial charge in [-0.3, -0.25) is 4.79 Å². The summed E-state index contributed by atoms with van der Waals surface area (Å²) in [6.07, 6.45) is 1.36. The molecule has 3 rings (SSSR count). The van der Waals surface area contributed by atoms with Gasteiger partial charge in [0.1, 0.15) is 17.5 Å². The Morgan fingerprint density at radius 3 is 2.55 bits per heavy atom. The van der Waals surface area contributed by atoms with E-state index in [9.17, 15) is 9.90 Å². The van der Waals surface area contributed by atoms with Crippen LogP contribution in [0.4, 0.5) is 0 Å². The highest BCUT2D eigenvalue weighted by Gasteiger charge is 2.14. The van der Waals surface area contributed by atoms with Gasteiger partial charge in [0.05, 0.1) is 0 Å². The molecular weight excluding hydrogens is 326 g/mol. The average molecular weight is 334 g/mol. The molecule has 0 spiro atoms. The van der Waals surface area contributed by atoms with Gasteiger partial charge in [-0.05, 0) is 17.7 Å². The minimum Gasteiger partial charge on any atom is -0.493 e. The summed E-state index contributed by atoms with van der Waals surface area (Å²) in [5.74, 6) is -0.198. The Balaban J connectivity index is 2.14. The molecule has 0 aliphatic carbocycles. The maximum absolute atomic E-state index is 12.1. The second-order valence-corrected chi connectivity index (χ2v) is 4.92. The molecule has 0 aliphatic rings. The number of halogens is 1. The van der Waals surface area contributed by atoms with E-state index in [1.807, 2.05) is 0 Å². The zero-order valence-electron chi connectivity index (χ0n) is 10.0. The maximum atomic E-state index is 12.1. The first-order chi connectivity index (χ1) is 9.65. The molecule has 3 aromatic rings. The molecule has 0 aliphatic heterocycles. The molecule has 7 heteroatoms. The Hall–Kier alpha value is -2.41. The third kappa shape index (κ3) is 2.23. The standard InChI is InChI=1S/C13H8BrN3O3/c14-8-3-1-7(2-4-8)10-12(18)15-11(16-13(10)19)9-5-6-20-17-9/h1-6H,(H2,15,16,18,19). The van der Waals surface area contributed by atoms with Crippen LogP contribution in [0.1, 0.15) is 0 Å². The van der Waals surface area contributed by atoms with Gasteiger partial charge in [0.25, 0.3) is 5.56 Å². The summed E-state index contributed by atoms with van der Waals surface area (Å²) in [4.78, 5) is 18.6. The Morgan fingerprint density at radius 1 is 1.20 bits per heavy atom. The summed E-state index contributed by atoms with van der Waals surface area (Å²) in [6, 6.07) is 8.52. The first-order valence-corrected chi connectivity index (χ1v) is 6.44. The highest BCUT2D eigenvalue weighted by molar-refractivity contribution is 9.10. The van der Waals surface area contributed by atoms with Crippen LogP contribution in [0.25, 0.3) is 22.6 Å². The Morgan fingerprint density at radius 2 is 1.95 bits per heavy atom. The molecule has 0 bridgehead atoms. The fourth-order valence-electron chi connectivity index (χ4n) is 1.79. The van der Waals surface area contributed by atoms with Crippen molar-refractivity contribution in [1.29, 1.82) is 0 Å². The van der Waals surface area contributed by atoms with Gasteiger partial charge < -0.3 is 14.6 Å². The van der Waals surface area contributed by atoms with Crippen LogP contribution in [-0.2, 0) is 0 Å². The molecule has 0 saturated heterocycles. The summed E-state index contributed by atoms with van der Waals surface area (Å²) in [7, 11) is 0. The first kappa shape index (κ1) is 12.6. The summed E-state index contributed by atoms with van der Waals surface area (Å²) in [5, 5.41) is 13.7. The summed E-state index contributed by atoms with van der Waals surface area (Å²) in [6.45, 7) is 0. The second kappa shape index (κ2) is 4.93. The SMILES string of the molecule is O=c1[nH]c(-c2ccon2)nc(O)c1-c1ccc(Br)cc1. The minimum absolute atomic E-state index is 0.116. The van der Waals surface area contributed by atoms with E-state index >= 15 is 0 Å². The van der Waals surface area contributed by atoms with Gasteiger partial charge in [-0.15, -0.1) is 0 Å². The van der Waals surface area contributed by atoms with Crippen molar-refractivity contribution in [1.82, 2.24) is 15.1 Å². The lowest BCUT2D eigenvalue weighted by molar-refractivity contribution is 0.421. The van der Waals surface area contributed by atoms with E-state index in [0.29, 0.717) is 11.3 Å². The van der Waals surface area contributed by atoms with Crippen LogP contribution < -0.4 is 5.56 Å². The number of nitrogens with one attached hydrogen (secondary N) is 1. The van der Waals surface area contributed by atoms with E-state index in [2.05, 4.69) is 35.6 Å². The lowest BCUT2D eigenvalue weighted by Gasteiger charge is -2.04. The Kier molecular flexibility index (Phi) is 3.11. The largest absolute Gasteiger partial charge is 0.493 e. The van der Waals surface area contributed by atoms with Crippen LogP contribution >= 0.6 is 15.9 Å². The van der Waals surface area contributed by atoms with Crippen LogP contribution in [0.15, 0.2) is 50.4 Å². The fraction of sp³-hybridized carbons (Fsp3) is 0. The van der Waals surface area contributed by atoms with E-state index in [0.717, 1.165) is 4.47 Å². The normalized spacial score (nSPS) is 10.7. The molecule has 6 nitrogen and oxygen atoms in total. The van der Waals surface area contributed by atoms with Crippen molar-refractivity contribution >= 4 is 15.9 Å². The van der Waals surface area contributed by atoms with E-state index < -0.39 is 5.56 Å². The quantitative estimate of drug-likeness (QED) is 0.751. The zero-order valence-corrected chi connectivity index (χ0v) is 11.6. The molecule has 0 saturated carbocycles. The minimum atomic E-state index is -0.446. The monoisotopic (exact) mass is 333 g/mol. The predicted octanol–water partition coefficient (Wildman–Crippen LogP) is 2.56. The number of aromatic amines is 1. The van der Waals surface area contributed by atoms with Gasteiger partial charge in [-0.2, -0.15) is 4.98 Å². The number of H-pyrrole nitrogens is 1. The third-order valence-electron chi connectivity index (χ3n) is 2.71. The van der Waals surface area contributed by atoms with Crippen molar-refractivity contribution < 1.29 is 9.63 Å². The molecule has 100 valence electrons. The van der Waals surface area contributed by atoms with Gasteiger partial charge >= 0.3 is 0 Å². The lowest BCUT2D eigenvalue weighted by atomic mass is 10.1. The maximum Gasteiger partial charge on any atom is 0.262 e. The molecule has 20 heavy (non-hydrogen) atoms. The van der Waals surface area contributed by atoms with Gasteiger partial charge in [-0.25, -0.2) is 0 Å². The van der Waals surface area contributed by atoms with Crippen molar-refractivity contribution in [3.05, 3.63) is 51.4 Å². The number of benzene rings is 1. The van der Waals surface area contributed by atoms with Gasteiger partial charge in [0, 0.05) is 10.5 Å². The van der Waals surface area contributed by atoms with Crippen LogP contribution in [0.3, 0.4) is 0 Å². The highest BCUT2D eigenvalue weighted by atomic mass is 79.9. The molecule has 2 N–H and O–H groups in total. The van der Waals surface area contributed by atoms with Crippen molar-refractivity contribution in [2.45, 2.75) is 0 Å². The molecule has 2 aromatic heterocycles. The van der Waals surface area contributed by atoms with Crippen molar-refractivity contribution in [2.24, 2.45) is 0 Å². The molecule has 0 radical (unpaired) electrons. The summed E-state index contributed by atoms with van der Waals surface area (Å²) >= 11 is 3.31. The first-order valence-electron chi connectivity index (χ1n) is 5.65. The van der Waals surface area contributed by atoms with Crippen LogP contribution in [0, 0.1) is 0 Å². The van der Waals surface area contributed by atoms with Gasteiger partial charge in [-0.1, -0.05) is 33.2 Å². The van der Waals surface area contributed by atoms with Crippen molar-refractivity contribution in [3.8, 4) is 28.5 Å². The number of nitrogens with zero attached hydrogens (tertiary/aromatic N) is 2. The molecule has 0 atom stereocenters. The molecule has 2 heterocycles. The van der Waals surface area contributed by atoms with E-state index in [4.69, 9.17) is 0 Å². The fourth-order valence-corrected chi connectivity index (χ4v) is 2.06. The van der Waals surface area contributed by atoms with Crippen LogP contribution in [0.5, 0.6) is 5.88 Å². The summed E-state index contributed by atoms with van der Waals surface area (Å²) in [5.41, 5.74) is 0.591. The topological polar surface area (TPSA) is 92.0 Å². The number of hydrogen-bond acceptors (Lipinski definition) is 5. The number of aromatic hydroxyl groups is 1. The van der Waals surface area contributed by atoms with E-state index in [-0.39, 0.29) is 17.3 Å². The summed E-state index contributed by atoms with van der Waals surface area (Å²) < 4.78 is 5.56. The molecule has 0 fully saturated rings. The number of aromatic nitrogens is 3. The van der Waals surface area contributed by atoms with Gasteiger partial charge in [0.15, 0.2) is 5.82 Å².